The summed E-state index contributed by atoms with van der Waals surface area (Å²) in [5.41, 5.74) is 1.18. The molecule has 0 spiro atoms. The van der Waals surface area contributed by atoms with Crippen LogP contribution in [0.3, 0.4) is 0 Å². The third-order valence-corrected chi connectivity index (χ3v) is 4.24. The number of urea groups is 1. The molecule has 2 aromatic rings. The van der Waals surface area contributed by atoms with E-state index < -0.39 is 0 Å². The lowest BCUT2D eigenvalue weighted by Gasteiger charge is -2.34. The average molecular weight is 329 g/mol. The molecule has 1 N–H and O–H groups in total. The number of carbonyl (C=O) groups is 1. The number of carbonyl (C=O) groups excluding carboxylic acids is 1. The summed E-state index contributed by atoms with van der Waals surface area (Å²) in [4.78, 5) is 16.4. The molecule has 24 heavy (non-hydrogen) atoms. The van der Waals surface area contributed by atoms with Gasteiger partial charge in [0.1, 0.15) is 11.5 Å². The summed E-state index contributed by atoms with van der Waals surface area (Å²) >= 11 is 0. The number of nitrogens with one attached hydrogen (secondary N) is 1. The van der Waals surface area contributed by atoms with Crippen LogP contribution in [-0.4, -0.2) is 49.1 Å². The molecule has 2 heterocycles. The van der Waals surface area contributed by atoms with Crippen LogP contribution in [0.25, 0.3) is 0 Å². The number of ether oxygens (including phenoxy) is 1. The second-order valence-electron chi connectivity index (χ2n) is 5.81. The fourth-order valence-electron chi connectivity index (χ4n) is 2.87. The first-order valence-corrected chi connectivity index (χ1v) is 8.15. The number of hydrogen-bond donors (Lipinski definition) is 1. The van der Waals surface area contributed by atoms with Gasteiger partial charge in [0.25, 0.3) is 0 Å². The molecule has 1 aliphatic rings. The minimum Gasteiger partial charge on any atom is -0.496 e. The van der Waals surface area contributed by atoms with Crippen molar-refractivity contribution < 1.29 is 13.9 Å². The van der Waals surface area contributed by atoms with Gasteiger partial charge in [-0.15, -0.1) is 0 Å². The molecule has 1 fully saturated rings. The lowest BCUT2D eigenvalue weighted by atomic mass is 10.1. The van der Waals surface area contributed by atoms with Gasteiger partial charge in [-0.25, -0.2) is 4.79 Å². The lowest BCUT2D eigenvalue weighted by Crippen LogP contribution is -2.51. The zero-order valence-electron chi connectivity index (χ0n) is 13.9. The highest BCUT2D eigenvalue weighted by molar-refractivity contribution is 5.74. The van der Waals surface area contributed by atoms with E-state index in [1.807, 2.05) is 35.2 Å². The van der Waals surface area contributed by atoms with Crippen molar-refractivity contribution in [3.63, 3.8) is 0 Å². The first kappa shape index (κ1) is 16.4. The number of para-hydroxylation sites is 1. The van der Waals surface area contributed by atoms with Gasteiger partial charge in [-0.05, 0) is 18.2 Å². The Morgan fingerprint density at radius 2 is 1.96 bits per heavy atom. The number of rotatable bonds is 5. The Hall–Kier alpha value is -2.47. The predicted molar refractivity (Wildman–Crippen MR) is 90.8 cm³/mol. The van der Waals surface area contributed by atoms with Crippen molar-refractivity contribution in [2.75, 3.05) is 33.3 Å². The normalized spacial score (nSPS) is 15.3. The van der Waals surface area contributed by atoms with Gasteiger partial charge in [0.05, 0.1) is 19.9 Å². The van der Waals surface area contributed by atoms with Crippen LogP contribution in [-0.2, 0) is 13.1 Å². The summed E-state index contributed by atoms with van der Waals surface area (Å²) in [5.74, 6) is 1.68. The van der Waals surface area contributed by atoms with Crippen LogP contribution < -0.4 is 10.1 Å². The molecule has 0 saturated carbocycles. The third-order valence-electron chi connectivity index (χ3n) is 4.24. The highest BCUT2D eigenvalue weighted by Crippen LogP contribution is 2.19. The fourth-order valence-corrected chi connectivity index (χ4v) is 2.87. The van der Waals surface area contributed by atoms with Crippen LogP contribution in [0.1, 0.15) is 11.3 Å². The quantitative estimate of drug-likeness (QED) is 0.914. The Balaban J connectivity index is 1.46. The number of benzene rings is 1. The maximum absolute atomic E-state index is 12.2. The van der Waals surface area contributed by atoms with Gasteiger partial charge in [0.15, 0.2) is 0 Å². The minimum atomic E-state index is -0.0386. The first-order chi connectivity index (χ1) is 11.8. The molecule has 0 atom stereocenters. The fraction of sp³-hybridized carbons (Fsp3) is 0.389. The molecule has 128 valence electrons. The largest absolute Gasteiger partial charge is 0.496 e. The van der Waals surface area contributed by atoms with Crippen molar-refractivity contribution in [2.45, 2.75) is 13.1 Å². The van der Waals surface area contributed by atoms with E-state index in [0.29, 0.717) is 6.54 Å². The SMILES string of the molecule is COc1ccccc1CN1CCN(C(=O)NCc2ccco2)CC1. The molecule has 6 nitrogen and oxygen atoms in total. The number of hydrogen-bond acceptors (Lipinski definition) is 4. The Kier molecular flexibility index (Phi) is 5.38. The topological polar surface area (TPSA) is 58.0 Å². The van der Waals surface area contributed by atoms with Crippen LogP contribution in [0.2, 0.25) is 0 Å². The van der Waals surface area contributed by atoms with E-state index in [9.17, 15) is 4.79 Å². The Morgan fingerprint density at radius 1 is 1.17 bits per heavy atom. The monoisotopic (exact) mass is 329 g/mol. The molecular weight excluding hydrogens is 306 g/mol. The van der Waals surface area contributed by atoms with Gasteiger partial charge in [-0.3, -0.25) is 4.90 Å². The molecule has 1 aromatic carbocycles. The van der Waals surface area contributed by atoms with Crippen LogP contribution in [0.5, 0.6) is 5.75 Å². The van der Waals surface area contributed by atoms with E-state index in [1.54, 1.807) is 13.4 Å². The van der Waals surface area contributed by atoms with E-state index in [1.165, 1.54) is 5.56 Å². The number of nitrogens with zero attached hydrogens (tertiary/aromatic N) is 2. The minimum absolute atomic E-state index is 0.0386. The number of amides is 2. The summed E-state index contributed by atoms with van der Waals surface area (Å²) < 4.78 is 10.6. The average Bonchev–Trinajstić information content (AvgIpc) is 3.14. The summed E-state index contributed by atoms with van der Waals surface area (Å²) in [6, 6.07) is 11.7. The molecule has 0 unspecified atom stereocenters. The van der Waals surface area contributed by atoms with Gasteiger partial charge < -0.3 is 19.4 Å². The lowest BCUT2D eigenvalue weighted by molar-refractivity contribution is 0.134. The second-order valence-corrected chi connectivity index (χ2v) is 5.81. The third kappa shape index (κ3) is 4.08. The van der Waals surface area contributed by atoms with Gasteiger partial charge >= 0.3 is 6.03 Å². The van der Waals surface area contributed by atoms with Crippen LogP contribution in [0.15, 0.2) is 47.1 Å². The molecule has 0 radical (unpaired) electrons. The zero-order valence-corrected chi connectivity index (χ0v) is 13.9. The van der Waals surface area contributed by atoms with E-state index >= 15 is 0 Å². The van der Waals surface area contributed by atoms with Crippen LogP contribution >= 0.6 is 0 Å². The van der Waals surface area contributed by atoms with Crippen LogP contribution in [0.4, 0.5) is 4.79 Å². The van der Waals surface area contributed by atoms with Gasteiger partial charge in [0.2, 0.25) is 0 Å². The molecule has 0 aliphatic carbocycles. The van der Waals surface area contributed by atoms with Crippen molar-refractivity contribution in [2.24, 2.45) is 0 Å². The summed E-state index contributed by atoms with van der Waals surface area (Å²) in [5, 5.41) is 2.89. The smallest absolute Gasteiger partial charge is 0.317 e. The maximum atomic E-state index is 12.2. The first-order valence-electron chi connectivity index (χ1n) is 8.15. The molecule has 6 heteroatoms. The number of piperazine rings is 1. The number of methoxy groups -OCH3 is 1. The Morgan fingerprint density at radius 3 is 2.67 bits per heavy atom. The Bertz CT molecular complexity index is 649. The van der Waals surface area contributed by atoms with Crippen molar-refractivity contribution in [3.05, 3.63) is 54.0 Å². The summed E-state index contributed by atoms with van der Waals surface area (Å²) in [7, 11) is 1.69. The van der Waals surface area contributed by atoms with Crippen molar-refractivity contribution in [1.82, 2.24) is 15.1 Å². The van der Waals surface area contributed by atoms with E-state index in [2.05, 4.69) is 16.3 Å². The molecule has 1 saturated heterocycles. The molecule has 3 rings (SSSR count). The van der Waals surface area contributed by atoms with E-state index in [4.69, 9.17) is 9.15 Å². The van der Waals surface area contributed by atoms with Crippen LogP contribution in [0, 0.1) is 0 Å². The standard InChI is InChI=1S/C18H23N3O3/c1-23-17-7-3-2-5-15(17)14-20-8-10-21(11-9-20)18(22)19-13-16-6-4-12-24-16/h2-7,12H,8-11,13-14H2,1H3,(H,19,22). The molecule has 1 aromatic heterocycles. The second kappa shape index (κ2) is 7.88. The predicted octanol–water partition coefficient (Wildman–Crippen LogP) is 2.32. The van der Waals surface area contributed by atoms with Crippen molar-refractivity contribution in [1.29, 1.82) is 0 Å². The molecule has 1 aliphatic heterocycles. The van der Waals surface area contributed by atoms with Crippen molar-refractivity contribution in [3.8, 4) is 5.75 Å². The molecule has 0 bridgehead atoms. The van der Waals surface area contributed by atoms with Gasteiger partial charge in [-0.1, -0.05) is 18.2 Å². The van der Waals surface area contributed by atoms with E-state index in [-0.39, 0.29) is 6.03 Å². The van der Waals surface area contributed by atoms with Gasteiger partial charge in [-0.2, -0.15) is 0 Å². The van der Waals surface area contributed by atoms with Crippen molar-refractivity contribution >= 4 is 6.03 Å². The highest BCUT2D eigenvalue weighted by atomic mass is 16.5. The highest BCUT2D eigenvalue weighted by Gasteiger charge is 2.21. The summed E-state index contributed by atoms with van der Waals surface area (Å²) in [6.07, 6.45) is 1.61. The Labute approximate surface area is 142 Å². The van der Waals surface area contributed by atoms with Gasteiger partial charge in [0, 0.05) is 38.3 Å². The zero-order chi connectivity index (χ0) is 16.8. The molecular formula is C18H23N3O3. The van der Waals surface area contributed by atoms with E-state index in [0.717, 1.165) is 44.2 Å². The number of furan rings is 1. The molecule has 2 amide bonds. The summed E-state index contributed by atoms with van der Waals surface area (Å²) in [6.45, 7) is 4.41. The maximum Gasteiger partial charge on any atom is 0.317 e.